The molecule has 1 unspecified atom stereocenters. The van der Waals surface area contributed by atoms with E-state index in [9.17, 15) is 18.0 Å². The van der Waals surface area contributed by atoms with E-state index in [1.807, 2.05) is 0 Å². The largest absolute Gasteiger partial charge is 0.399 e. The van der Waals surface area contributed by atoms with E-state index >= 15 is 4.39 Å². The molecular weight excluding hydrogens is 543 g/mol. The number of H-pyrrole nitrogens is 1. The predicted molar refractivity (Wildman–Crippen MR) is 149 cm³/mol. The first kappa shape index (κ1) is 26.3. The number of rotatable bonds is 7. The Morgan fingerprint density at radius 2 is 1.77 bits per heavy atom. The highest BCUT2D eigenvalue weighted by Gasteiger charge is 2.44. The topological polar surface area (TPSA) is 134 Å². The molecule has 1 amide bonds. The van der Waals surface area contributed by atoms with Crippen LogP contribution in [0.3, 0.4) is 0 Å². The van der Waals surface area contributed by atoms with E-state index in [0.29, 0.717) is 16.3 Å². The van der Waals surface area contributed by atoms with Crippen LogP contribution < -0.4 is 16.5 Å². The summed E-state index contributed by atoms with van der Waals surface area (Å²) in [5, 5.41) is 2.89. The lowest BCUT2D eigenvalue weighted by Gasteiger charge is -2.25. The van der Waals surface area contributed by atoms with Crippen molar-refractivity contribution in [2.45, 2.75) is 22.7 Å². The molecule has 1 aromatic heterocycles. The van der Waals surface area contributed by atoms with Crippen molar-refractivity contribution in [2.24, 2.45) is 4.99 Å². The van der Waals surface area contributed by atoms with Crippen LogP contribution in [0.15, 0.2) is 93.7 Å². The van der Waals surface area contributed by atoms with Crippen molar-refractivity contribution < 1.29 is 17.6 Å². The highest BCUT2D eigenvalue weighted by atomic mass is 35.5. The molecule has 0 saturated heterocycles. The summed E-state index contributed by atoms with van der Waals surface area (Å²) in [6, 6.07) is 15.4. The molecule has 4 aromatic rings. The Labute approximate surface area is 228 Å². The fraction of sp³-hybridized carbons (Fsp3) is 0.107. The third-order valence-corrected chi connectivity index (χ3v) is 8.90. The zero-order chi connectivity index (χ0) is 27.8. The maximum absolute atomic E-state index is 15.2. The summed E-state index contributed by atoms with van der Waals surface area (Å²) >= 11 is 5.88. The molecule has 1 aliphatic heterocycles. The van der Waals surface area contributed by atoms with Gasteiger partial charge in [0.2, 0.25) is 15.3 Å². The minimum Gasteiger partial charge on any atom is -0.399 e. The molecule has 198 valence electrons. The van der Waals surface area contributed by atoms with Crippen molar-refractivity contribution in [3.63, 3.8) is 0 Å². The summed E-state index contributed by atoms with van der Waals surface area (Å²) in [5.41, 5.74) is 6.34. The van der Waals surface area contributed by atoms with Gasteiger partial charge in [-0.3, -0.25) is 14.6 Å². The lowest BCUT2D eigenvalue weighted by Crippen LogP contribution is -2.36. The maximum Gasteiger partial charge on any atom is 0.257 e. The van der Waals surface area contributed by atoms with Gasteiger partial charge in [0, 0.05) is 36.1 Å². The molecule has 0 radical (unpaired) electrons. The van der Waals surface area contributed by atoms with Crippen LogP contribution >= 0.6 is 11.6 Å². The number of sulfone groups is 1. The molecule has 39 heavy (non-hydrogen) atoms. The minimum absolute atomic E-state index is 0.0359. The van der Waals surface area contributed by atoms with E-state index in [1.165, 1.54) is 18.4 Å². The zero-order valence-corrected chi connectivity index (χ0v) is 21.9. The van der Waals surface area contributed by atoms with Crippen molar-refractivity contribution >= 4 is 50.2 Å². The van der Waals surface area contributed by atoms with Crippen LogP contribution in [0.4, 0.5) is 10.1 Å². The standard InChI is InChI=1S/C28H22ClFN4O4S/c29-19-6-2-18(3-7-19)15-33-27(36)23-16-32-25-22(26(23)35)12-21(13-24(25)30)39(37,38)28(10-1-11-34-28)14-17-4-8-20(31)9-5-17/h1-13,16H,14-15,31H2,(H,32,35)(H,33,36). The molecule has 0 fully saturated rings. The average molecular weight is 565 g/mol. The Bertz CT molecular complexity index is 1800. The highest BCUT2D eigenvalue weighted by molar-refractivity contribution is 7.93. The second-order valence-electron chi connectivity index (χ2n) is 9.07. The number of nitrogens with one attached hydrogen (secondary N) is 2. The van der Waals surface area contributed by atoms with Gasteiger partial charge in [-0.1, -0.05) is 35.9 Å². The summed E-state index contributed by atoms with van der Waals surface area (Å²) < 4.78 is 42.9. The van der Waals surface area contributed by atoms with E-state index in [-0.39, 0.29) is 29.4 Å². The van der Waals surface area contributed by atoms with Gasteiger partial charge in [-0.25, -0.2) is 12.8 Å². The first-order valence-corrected chi connectivity index (χ1v) is 13.7. The Balaban J connectivity index is 1.52. The molecule has 4 N–H and O–H groups in total. The van der Waals surface area contributed by atoms with Crippen LogP contribution in [-0.2, 0) is 22.8 Å². The summed E-state index contributed by atoms with van der Waals surface area (Å²) in [7, 11) is -4.34. The third kappa shape index (κ3) is 4.96. The number of nitrogens with zero attached hydrogens (tertiary/aromatic N) is 1. The SMILES string of the molecule is Nc1ccc(CC2(S(=O)(=O)c3cc(F)c4[nH]cc(C(=O)NCc5ccc(Cl)cc5)c(=O)c4c3)C=CC=N2)cc1. The van der Waals surface area contributed by atoms with Gasteiger partial charge in [0.05, 0.1) is 15.8 Å². The Morgan fingerprint density at radius 3 is 2.44 bits per heavy atom. The first-order chi connectivity index (χ1) is 18.6. The van der Waals surface area contributed by atoms with Crippen molar-refractivity contribution in [3.8, 4) is 0 Å². The molecule has 5 rings (SSSR count). The monoisotopic (exact) mass is 564 g/mol. The molecular formula is C28H22ClFN4O4S. The fourth-order valence-electron chi connectivity index (χ4n) is 4.36. The fourth-order valence-corrected chi connectivity index (χ4v) is 6.24. The Morgan fingerprint density at radius 1 is 1.08 bits per heavy atom. The summed E-state index contributed by atoms with van der Waals surface area (Å²) in [4.78, 5) is 30.7. The number of nitrogens with two attached hydrogens (primary N) is 1. The number of carbonyl (C=O) groups excluding carboxylic acids is 1. The number of carbonyl (C=O) groups is 1. The molecule has 1 aliphatic rings. The van der Waals surface area contributed by atoms with Crippen LogP contribution in [0.25, 0.3) is 10.9 Å². The molecule has 0 spiro atoms. The lowest BCUT2D eigenvalue weighted by molar-refractivity contribution is 0.0949. The van der Waals surface area contributed by atoms with Gasteiger partial charge >= 0.3 is 0 Å². The number of nitrogen functional groups attached to an aromatic ring is 1. The zero-order valence-electron chi connectivity index (χ0n) is 20.3. The average Bonchev–Trinajstić information content (AvgIpc) is 3.40. The number of hydrogen-bond donors (Lipinski definition) is 3. The second-order valence-corrected chi connectivity index (χ2v) is 11.7. The number of fused-ring (bicyclic) bond motifs is 1. The van der Waals surface area contributed by atoms with Gasteiger partial charge in [0.25, 0.3) is 5.91 Å². The molecule has 1 atom stereocenters. The molecule has 0 saturated carbocycles. The molecule has 2 heterocycles. The molecule has 8 nitrogen and oxygen atoms in total. The van der Waals surface area contributed by atoms with E-state index in [2.05, 4.69) is 15.3 Å². The summed E-state index contributed by atoms with van der Waals surface area (Å²) in [6.45, 7) is 0.119. The van der Waals surface area contributed by atoms with E-state index in [0.717, 1.165) is 23.9 Å². The smallest absolute Gasteiger partial charge is 0.257 e. The number of allylic oxidation sites excluding steroid dienone is 1. The number of halogens is 2. The van der Waals surface area contributed by atoms with Crippen molar-refractivity contribution in [1.82, 2.24) is 10.3 Å². The third-order valence-electron chi connectivity index (χ3n) is 6.47. The van der Waals surface area contributed by atoms with E-state index in [1.54, 1.807) is 48.5 Å². The van der Waals surface area contributed by atoms with Gasteiger partial charge in [-0.05, 0) is 59.7 Å². The highest BCUT2D eigenvalue weighted by Crippen LogP contribution is 2.35. The van der Waals surface area contributed by atoms with Crippen LogP contribution in [-0.4, -0.2) is 30.4 Å². The van der Waals surface area contributed by atoms with Crippen LogP contribution in [0, 0.1) is 5.82 Å². The predicted octanol–water partition coefficient (Wildman–Crippen LogP) is 4.19. The van der Waals surface area contributed by atoms with Gasteiger partial charge in [-0.15, -0.1) is 0 Å². The molecule has 0 bridgehead atoms. The number of benzene rings is 3. The lowest BCUT2D eigenvalue weighted by atomic mass is 10.1. The second kappa shape index (κ2) is 10.1. The van der Waals surface area contributed by atoms with Gasteiger partial charge < -0.3 is 16.0 Å². The minimum atomic E-state index is -4.34. The number of aromatic amines is 1. The molecule has 0 aliphatic carbocycles. The van der Waals surface area contributed by atoms with Crippen molar-refractivity contribution in [2.75, 3.05) is 5.73 Å². The number of hydrogen-bond acceptors (Lipinski definition) is 6. The van der Waals surface area contributed by atoms with Gasteiger partial charge in [-0.2, -0.15) is 0 Å². The first-order valence-electron chi connectivity index (χ1n) is 11.8. The number of aliphatic imine (C=N–C) groups is 1. The van der Waals surface area contributed by atoms with Gasteiger partial charge in [0.1, 0.15) is 11.4 Å². The van der Waals surface area contributed by atoms with Crippen molar-refractivity contribution in [3.05, 3.63) is 117 Å². The van der Waals surface area contributed by atoms with E-state index < -0.39 is 36.8 Å². The summed E-state index contributed by atoms with van der Waals surface area (Å²) in [6.07, 6.45) is 5.35. The quantitative estimate of drug-likeness (QED) is 0.289. The van der Waals surface area contributed by atoms with E-state index in [4.69, 9.17) is 17.3 Å². The molecule has 11 heteroatoms. The number of aromatic nitrogens is 1. The normalized spacial score (nSPS) is 16.6. The van der Waals surface area contributed by atoms with Gasteiger partial charge in [0.15, 0.2) is 4.87 Å². The Kier molecular flexibility index (Phi) is 6.83. The van der Waals surface area contributed by atoms with Crippen molar-refractivity contribution in [1.29, 1.82) is 0 Å². The van der Waals surface area contributed by atoms with Crippen LogP contribution in [0.5, 0.6) is 0 Å². The number of anilines is 1. The van der Waals surface area contributed by atoms with Crippen LogP contribution in [0.1, 0.15) is 21.5 Å². The summed E-state index contributed by atoms with van der Waals surface area (Å²) in [5.74, 6) is -1.66. The maximum atomic E-state index is 15.2. The molecule has 3 aromatic carbocycles. The van der Waals surface area contributed by atoms with Crippen LogP contribution in [0.2, 0.25) is 5.02 Å². The number of amides is 1. The number of pyridine rings is 1. The Hall–Kier alpha value is -4.28.